The van der Waals surface area contributed by atoms with Gasteiger partial charge < -0.3 is 15.7 Å². The van der Waals surface area contributed by atoms with Crippen LogP contribution in [0.5, 0.6) is 0 Å². The van der Waals surface area contributed by atoms with Gasteiger partial charge in [0.2, 0.25) is 5.91 Å². The summed E-state index contributed by atoms with van der Waals surface area (Å²) in [5.41, 5.74) is 5.80. The number of hydrogen-bond donors (Lipinski definition) is 2. The Labute approximate surface area is 122 Å². The number of amides is 1. The molecule has 0 saturated heterocycles. The number of carboxylic acid groups (broad SMARTS) is 1. The number of rotatable bonds is 7. The van der Waals surface area contributed by atoms with Gasteiger partial charge in [-0.15, -0.1) is 0 Å². The van der Waals surface area contributed by atoms with Gasteiger partial charge in [-0.05, 0) is 24.1 Å². The Bertz CT molecular complexity index is 556. The lowest BCUT2D eigenvalue weighted by atomic mass is 10.1. The van der Waals surface area contributed by atoms with Gasteiger partial charge in [0, 0.05) is 23.9 Å². The molecule has 0 radical (unpaired) electrons. The Hall–Kier alpha value is -2.37. The van der Waals surface area contributed by atoms with Crippen molar-refractivity contribution in [2.24, 2.45) is 11.7 Å². The fourth-order valence-electron chi connectivity index (χ4n) is 2.00. The van der Waals surface area contributed by atoms with Crippen LogP contribution in [0, 0.1) is 11.7 Å². The van der Waals surface area contributed by atoms with Crippen molar-refractivity contribution in [2.45, 2.75) is 13.8 Å². The van der Waals surface area contributed by atoms with E-state index in [1.54, 1.807) is 11.0 Å². The van der Waals surface area contributed by atoms with Gasteiger partial charge in [-0.25, -0.2) is 9.18 Å². The lowest BCUT2D eigenvalue weighted by molar-refractivity contribution is -0.131. The molecule has 5 nitrogen and oxygen atoms in total. The van der Waals surface area contributed by atoms with Crippen molar-refractivity contribution in [3.63, 3.8) is 0 Å². The van der Waals surface area contributed by atoms with E-state index in [-0.39, 0.29) is 18.0 Å². The van der Waals surface area contributed by atoms with E-state index in [0.717, 1.165) is 6.08 Å². The molecule has 6 heteroatoms. The number of nitrogens with zero attached hydrogens (tertiary/aromatic N) is 1. The van der Waals surface area contributed by atoms with E-state index >= 15 is 0 Å². The largest absolute Gasteiger partial charge is 0.478 e. The van der Waals surface area contributed by atoms with E-state index < -0.39 is 17.7 Å². The van der Waals surface area contributed by atoms with E-state index in [1.165, 1.54) is 18.2 Å². The van der Waals surface area contributed by atoms with Crippen LogP contribution in [0.1, 0.15) is 19.4 Å². The number of halogens is 1. The maximum Gasteiger partial charge on any atom is 0.328 e. The molecule has 0 atom stereocenters. The summed E-state index contributed by atoms with van der Waals surface area (Å²) >= 11 is 0. The molecule has 21 heavy (non-hydrogen) atoms. The highest BCUT2D eigenvalue weighted by Gasteiger charge is 2.16. The summed E-state index contributed by atoms with van der Waals surface area (Å²) in [4.78, 5) is 23.5. The van der Waals surface area contributed by atoms with Crippen molar-refractivity contribution >= 4 is 23.6 Å². The average Bonchev–Trinajstić information content (AvgIpc) is 2.34. The molecule has 0 spiro atoms. The predicted octanol–water partition coefficient (Wildman–Crippen LogP) is 1.87. The molecule has 0 aliphatic carbocycles. The molecule has 0 unspecified atom stereocenters. The number of nitrogens with two attached hydrogens (primary N) is 1. The summed E-state index contributed by atoms with van der Waals surface area (Å²) in [5.74, 6) is -2.03. The van der Waals surface area contributed by atoms with Crippen LogP contribution in [0.25, 0.3) is 6.08 Å². The maximum absolute atomic E-state index is 13.9. The second-order valence-corrected chi connectivity index (χ2v) is 5.08. The van der Waals surface area contributed by atoms with Gasteiger partial charge in [-0.3, -0.25) is 4.79 Å². The number of aliphatic carboxylic acids is 1. The standard InChI is InChI=1S/C15H19FN2O3/c1-10(2)8-18(9-14(17)19)13-5-3-4-12(16)11(13)6-7-15(20)21/h3-7,10H,8-9H2,1-2H3,(H2,17,19)(H,20,21)/b7-6+. The number of carboxylic acids is 1. The number of benzene rings is 1. The number of carbonyl (C=O) groups excluding carboxylic acids is 1. The summed E-state index contributed by atoms with van der Waals surface area (Å²) < 4.78 is 13.9. The normalized spacial score (nSPS) is 11.0. The summed E-state index contributed by atoms with van der Waals surface area (Å²) in [7, 11) is 0. The fraction of sp³-hybridized carbons (Fsp3) is 0.333. The van der Waals surface area contributed by atoms with Gasteiger partial charge in [0.25, 0.3) is 0 Å². The molecule has 114 valence electrons. The van der Waals surface area contributed by atoms with E-state index in [2.05, 4.69) is 0 Å². The first-order valence-electron chi connectivity index (χ1n) is 6.54. The SMILES string of the molecule is CC(C)CN(CC(N)=O)c1cccc(F)c1/C=C/C(=O)O. The molecule has 0 aliphatic rings. The van der Waals surface area contributed by atoms with Gasteiger partial charge in [0.1, 0.15) is 5.82 Å². The van der Waals surface area contributed by atoms with Gasteiger partial charge in [-0.2, -0.15) is 0 Å². The molecule has 3 N–H and O–H groups in total. The minimum Gasteiger partial charge on any atom is -0.478 e. The molecule has 1 aromatic rings. The van der Waals surface area contributed by atoms with Crippen molar-refractivity contribution in [3.8, 4) is 0 Å². The highest BCUT2D eigenvalue weighted by molar-refractivity contribution is 5.88. The van der Waals surface area contributed by atoms with Crippen molar-refractivity contribution in [1.82, 2.24) is 0 Å². The number of primary amides is 1. The van der Waals surface area contributed by atoms with E-state index in [4.69, 9.17) is 10.8 Å². The second kappa shape index (κ2) is 7.42. The minimum atomic E-state index is -1.17. The number of carbonyl (C=O) groups is 2. The Morgan fingerprint density at radius 3 is 2.62 bits per heavy atom. The predicted molar refractivity (Wildman–Crippen MR) is 79.3 cm³/mol. The molecular formula is C15H19FN2O3. The van der Waals surface area contributed by atoms with E-state index in [9.17, 15) is 14.0 Å². The van der Waals surface area contributed by atoms with E-state index in [1.807, 2.05) is 13.8 Å². The monoisotopic (exact) mass is 294 g/mol. The molecule has 0 aliphatic heterocycles. The Balaban J connectivity index is 3.25. The maximum atomic E-state index is 13.9. The van der Waals surface area contributed by atoms with Crippen LogP contribution in [0.2, 0.25) is 0 Å². The van der Waals surface area contributed by atoms with Crippen molar-refractivity contribution in [2.75, 3.05) is 18.0 Å². The quantitative estimate of drug-likeness (QED) is 0.752. The molecule has 0 aromatic heterocycles. The highest BCUT2D eigenvalue weighted by Crippen LogP contribution is 2.25. The Morgan fingerprint density at radius 2 is 2.10 bits per heavy atom. The van der Waals surface area contributed by atoms with Crippen LogP contribution in [-0.2, 0) is 9.59 Å². The van der Waals surface area contributed by atoms with Crippen LogP contribution in [0.4, 0.5) is 10.1 Å². The Kier molecular flexibility index (Phi) is 5.90. The summed E-state index contributed by atoms with van der Waals surface area (Å²) in [6.45, 7) is 4.36. The van der Waals surface area contributed by atoms with Gasteiger partial charge in [0.05, 0.1) is 6.54 Å². The van der Waals surface area contributed by atoms with Crippen LogP contribution in [-0.4, -0.2) is 30.1 Å². The molecule has 1 rings (SSSR count). The van der Waals surface area contributed by atoms with Crippen LogP contribution in [0.15, 0.2) is 24.3 Å². The van der Waals surface area contributed by atoms with Gasteiger partial charge in [0.15, 0.2) is 0 Å². The highest BCUT2D eigenvalue weighted by atomic mass is 19.1. The first-order chi connectivity index (χ1) is 9.81. The Morgan fingerprint density at radius 1 is 1.43 bits per heavy atom. The lowest BCUT2D eigenvalue weighted by Gasteiger charge is -2.27. The topological polar surface area (TPSA) is 83.6 Å². The number of anilines is 1. The molecule has 0 fully saturated rings. The van der Waals surface area contributed by atoms with Crippen LogP contribution >= 0.6 is 0 Å². The van der Waals surface area contributed by atoms with Gasteiger partial charge >= 0.3 is 5.97 Å². The fourth-order valence-corrected chi connectivity index (χ4v) is 2.00. The van der Waals surface area contributed by atoms with Crippen molar-refractivity contribution in [3.05, 3.63) is 35.7 Å². The smallest absolute Gasteiger partial charge is 0.328 e. The third-order valence-electron chi connectivity index (χ3n) is 2.70. The third-order valence-corrected chi connectivity index (χ3v) is 2.70. The molecule has 0 bridgehead atoms. The molecular weight excluding hydrogens is 275 g/mol. The average molecular weight is 294 g/mol. The molecule has 1 aromatic carbocycles. The zero-order chi connectivity index (χ0) is 16.0. The molecule has 0 saturated carbocycles. The molecule has 0 heterocycles. The van der Waals surface area contributed by atoms with Crippen LogP contribution < -0.4 is 10.6 Å². The zero-order valence-corrected chi connectivity index (χ0v) is 12.0. The summed E-state index contributed by atoms with van der Waals surface area (Å²) in [6, 6.07) is 4.38. The minimum absolute atomic E-state index is 0.0600. The molecule has 1 amide bonds. The van der Waals surface area contributed by atoms with Crippen molar-refractivity contribution in [1.29, 1.82) is 0 Å². The second-order valence-electron chi connectivity index (χ2n) is 5.08. The van der Waals surface area contributed by atoms with Crippen molar-refractivity contribution < 1.29 is 19.1 Å². The third kappa shape index (κ3) is 5.25. The van der Waals surface area contributed by atoms with Crippen LogP contribution in [0.3, 0.4) is 0 Å². The first-order valence-corrected chi connectivity index (χ1v) is 6.54. The first kappa shape index (κ1) is 16.7. The summed E-state index contributed by atoms with van der Waals surface area (Å²) in [6.07, 6.45) is 2.04. The lowest BCUT2D eigenvalue weighted by Crippen LogP contribution is -2.36. The number of hydrogen-bond acceptors (Lipinski definition) is 3. The zero-order valence-electron chi connectivity index (χ0n) is 12.0. The van der Waals surface area contributed by atoms with Gasteiger partial charge in [-0.1, -0.05) is 19.9 Å². The summed E-state index contributed by atoms with van der Waals surface area (Å²) in [5, 5.41) is 8.69. The van der Waals surface area contributed by atoms with E-state index in [0.29, 0.717) is 12.2 Å².